The molecule has 18 heavy (non-hydrogen) atoms. The van der Waals surface area contributed by atoms with Crippen molar-refractivity contribution in [1.29, 1.82) is 0 Å². The fourth-order valence-corrected chi connectivity index (χ4v) is 2.53. The van der Waals surface area contributed by atoms with E-state index in [2.05, 4.69) is 5.32 Å². The Morgan fingerprint density at radius 1 is 1.44 bits per heavy atom. The van der Waals surface area contributed by atoms with E-state index in [1.165, 1.54) is 18.2 Å². The van der Waals surface area contributed by atoms with E-state index in [0.29, 0.717) is 10.7 Å². The first-order chi connectivity index (χ1) is 8.48. The molecule has 0 atom stereocenters. The molecule has 0 heterocycles. The third-order valence-corrected chi connectivity index (χ3v) is 3.64. The van der Waals surface area contributed by atoms with Gasteiger partial charge in [-0.05, 0) is 31.0 Å². The van der Waals surface area contributed by atoms with Crippen molar-refractivity contribution in [2.75, 3.05) is 5.32 Å². The van der Waals surface area contributed by atoms with Crippen LogP contribution in [-0.2, 0) is 4.79 Å². The summed E-state index contributed by atoms with van der Waals surface area (Å²) in [5.41, 5.74) is 6.00. The molecule has 1 amide bonds. The standard InChI is InChI=1S/C13H16ClFN2O/c14-10-4-3-9(15)7-11(10)17-12(18)8-13(16)5-1-2-6-13/h3-4,7H,1-2,5-6,8,16H2,(H,17,18). The summed E-state index contributed by atoms with van der Waals surface area (Å²) in [6.07, 6.45) is 4.09. The van der Waals surface area contributed by atoms with Crippen molar-refractivity contribution < 1.29 is 9.18 Å². The van der Waals surface area contributed by atoms with E-state index in [1.807, 2.05) is 0 Å². The SMILES string of the molecule is NC1(CC(=O)Nc2cc(F)ccc2Cl)CCCC1. The smallest absolute Gasteiger partial charge is 0.226 e. The van der Waals surface area contributed by atoms with Gasteiger partial charge in [0.05, 0.1) is 10.7 Å². The van der Waals surface area contributed by atoms with Crippen LogP contribution in [0.4, 0.5) is 10.1 Å². The maximum absolute atomic E-state index is 13.0. The van der Waals surface area contributed by atoms with Gasteiger partial charge in [-0.3, -0.25) is 4.79 Å². The number of halogens is 2. The molecule has 98 valence electrons. The number of amides is 1. The molecule has 0 aliphatic heterocycles. The van der Waals surface area contributed by atoms with Crippen LogP contribution in [0.1, 0.15) is 32.1 Å². The molecule has 1 aromatic rings. The number of nitrogens with one attached hydrogen (secondary N) is 1. The van der Waals surface area contributed by atoms with E-state index < -0.39 is 11.4 Å². The van der Waals surface area contributed by atoms with E-state index in [0.717, 1.165) is 25.7 Å². The van der Waals surface area contributed by atoms with Crippen molar-refractivity contribution in [3.8, 4) is 0 Å². The minimum atomic E-state index is -0.432. The van der Waals surface area contributed by atoms with Gasteiger partial charge in [0.15, 0.2) is 0 Å². The predicted molar refractivity (Wildman–Crippen MR) is 70.0 cm³/mol. The summed E-state index contributed by atoms with van der Waals surface area (Å²) in [4.78, 5) is 11.9. The minimum absolute atomic E-state index is 0.216. The lowest BCUT2D eigenvalue weighted by Crippen LogP contribution is -2.40. The van der Waals surface area contributed by atoms with Crippen molar-refractivity contribution in [3.05, 3.63) is 29.0 Å². The second-order valence-corrected chi connectivity index (χ2v) is 5.33. The van der Waals surface area contributed by atoms with Crippen LogP contribution < -0.4 is 11.1 Å². The highest BCUT2D eigenvalue weighted by atomic mass is 35.5. The lowest BCUT2D eigenvalue weighted by molar-refractivity contribution is -0.117. The first kappa shape index (κ1) is 13.3. The lowest BCUT2D eigenvalue weighted by atomic mass is 9.94. The number of rotatable bonds is 3. The van der Waals surface area contributed by atoms with E-state index in [1.54, 1.807) is 0 Å². The molecule has 2 rings (SSSR count). The van der Waals surface area contributed by atoms with Crippen LogP contribution in [0.15, 0.2) is 18.2 Å². The third kappa shape index (κ3) is 3.21. The van der Waals surface area contributed by atoms with Gasteiger partial charge in [0.25, 0.3) is 0 Å². The second kappa shape index (κ2) is 5.24. The average Bonchev–Trinajstić information content (AvgIpc) is 2.70. The average molecular weight is 271 g/mol. The lowest BCUT2D eigenvalue weighted by Gasteiger charge is -2.22. The van der Waals surface area contributed by atoms with E-state index >= 15 is 0 Å². The Labute approximate surface area is 111 Å². The molecule has 3 N–H and O–H groups in total. The van der Waals surface area contributed by atoms with E-state index in [4.69, 9.17) is 17.3 Å². The highest BCUT2D eigenvalue weighted by Gasteiger charge is 2.31. The zero-order chi connectivity index (χ0) is 13.2. The zero-order valence-electron chi connectivity index (χ0n) is 10.0. The highest BCUT2D eigenvalue weighted by molar-refractivity contribution is 6.33. The van der Waals surface area contributed by atoms with Gasteiger partial charge in [0.2, 0.25) is 5.91 Å². The molecule has 1 aromatic carbocycles. The van der Waals surface area contributed by atoms with Crippen LogP contribution in [-0.4, -0.2) is 11.4 Å². The summed E-state index contributed by atoms with van der Waals surface area (Å²) in [5.74, 6) is -0.648. The van der Waals surface area contributed by atoms with Crippen LogP contribution in [0.25, 0.3) is 0 Å². The van der Waals surface area contributed by atoms with Gasteiger partial charge < -0.3 is 11.1 Å². The second-order valence-electron chi connectivity index (χ2n) is 4.92. The van der Waals surface area contributed by atoms with E-state index in [9.17, 15) is 9.18 Å². The maximum atomic E-state index is 13.0. The summed E-state index contributed by atoms with van der Waals surface area (Å²) in [5, 5.41) is 2.93. The van der Waals surface area contributed by atoms with Crippen molar-refractivity contribution in [3.63, 3.8) is 0 Å². The molecular weight excluding hydrogens is 255 g/mol. The van der Waals surface area contributed by atoms with Gasteiger partial charge in [0.1, 0.15) is 5.82 Å². The number of hydrogen-bond acceptors (Lipinski definition) is 2. The number of anilines is 1. The molecule has 0 aromatic heterocycles. The maximum Gasteiger partial charge on any atom is 0.226 e. The van der Waals surface area contributed by atoms with Crippen molar-refractivity contribution in [2.45, 2.75) is 37.6 Å². The Kier molecular flexibility index (Phi) is 3.88. The van der Waals surface area contributed by atoms with Gasteiger partial charge >= 0.3 is 0 Å². The molecule has 5 heteroatoms. The topological polar surface area (TPSA) is 55.1 Å². The molecule has 1 aliphatic carbocycles. The molecule has 0 unspecified atom stereocenters. The number of hydrogen-bond donors (Lipinski definition) is 2. The van der Waals surface area contributed by atoms with Gasteiger partial charge in [-0.15, -0.1) is 0 Å². The monoisotopic (exact) mass is 270 g/mol. The van der Waals surface area contributed by atoms with Gasteiger partial charge in [-0.2, -0.15) is 0 Å². The number of benzene rings is 1. The molecule has 1 saturated carbocycles. The molecule has 1 fully saturated rings. The highest BCUT2D eigenvalue weighted by Crippen LogP contribution is 2.31. The summed E-state index contributed by atoms with van der Waals surface area (Å²) >= 11 is 5.88. The molecule has 1 aliphatic rings. The third-order valence-electron chi connectivity index (χ3n) is 3.31. The van der Waals surface area contributed by atoms with Crippen molar-refractivity contribution in [1.82, 2.24) is 0 Å². The fraction of sp³-hybridized carbons (Fsp3) is 0.462. The van der Waals surface area contributed by atoms with Gasteiger partial charge in [-0.1, -0.05) is 24.4 Å². The van der Waals surface area contributed by atoms with Gasteiger partial charge in [0, 0.05) is 12.0 Å². The van der Waals surface area contributed by atoms with Crippen LogP contribution in [0.3, 0.4) is 0 Å². The number of carbonyl (C=O) groups excluding carboxylic acids is 1. The van der Waals surface area contributed by atoms with E-state index in [-0.39, 0.29) is 12.3 Å². The summed E-state index contributed by atoms with van der Waals surface area (Å²) in [6.45, 7) is 0. The number of carbonyl (C=O) groups is 1. The zero-order valence-corrected chi connectivity index (χ0v) is 10.8. The molecule has 0 bridgehead atoms. The van der Waals surface area contributed by atoms with Gasteiger partial charge in [-0.25, -0.2) is 4.39 Å². The summed E-state index contributed by atoms with van der Waals surface area (Å²) < 4.78 is 13.0. The first-order valence-electron chi connectivity index (χ1n) is 6.02. The van der Waals surface area contributed by atoms with Crippen LogP contribution in [0.2, 0.25) is 5.02 Å². The van der Waals surface area contributed by atoms with Crippen LogP contribution in [0, 0.1) is 5.82 Å². The molecule has 3 nitrogen and oxygen atoms in total. The Hall–Kier alpha value is -1.13. The summed E-state index contributed by atoms with van der Waals surface area (Å²) in [6, 6.07) is 3.87. The largest absolute Gasteiger partial charge is 0.325 e. The normalized spacial score (nSPS) is 17.7. The van der Waals surface area contributed by atoms with Crippen molar-refractivity contribution in [2.24, 2.45) is 5.73 Å². The Morgan fingerprint density at radius 3 is 2.78 bits per heavy atom. The first-order valence-corrected chi connectivity index (χ1v) is 6.40. The van der Waals surface area contributed by atoms with Crippen LogP contribution >= 0.6 is 11.6 Å². The molecule has 0 spiro atoms. The fourth-order valence-electron chi connectivity index (χ4n) is 2.36. The Bertz CT molecular complexity index is 458. The Balaban J connectivity index is 2.00. The number of nitrogens with two attached hydrogens (primary N) is 1. The van der Waals surface area contributed by atoms with Crippen molar-refractivity contribution >= 4 is 23.2 Å². The predicted octanol–water partition coefficient (Wildman–Crippen LogP) is 3.08. The molecule has 0 saturated heterocycles. The minimum Gasteiger partial charge on any atom is -0.325 e. The van der Waals surface area contributed by atoms with Crippen LogP contribution in [0.5, 0.6) is 0 Å². The quantitative estimate of drug-likeness (QED) is 0.887. The molecular formula is C13H16ClFN2O. The molecule has 0 radical (unpaired) electrons. The summed E-state index contributed by atoms with van der Waals surface area (Å²) in [7, 11) is 0. The Morgan fingerprint density at radius 2 is 2.11 bits per heavy atom.